The van der Waals surface area contributed by atoms with E-state index in [-0.39, 0.29) is 0 Å². The molecule has 4 nitrogen and oxygen atoms in total. The van der Waals surface area contributed by atoms with Crippen LogP contribution in [0.25, 0.3) is 5.65 Å². The number of anilines is 1. The normalized spacial score (nSPS) is 10.3. The summed E-state index contributed by atoms with van der Waals surface area (Å²) in [4.78, 5) is 4.39. The van der Waals surface area contributed by atoms with Crippen molar-refractivity contribution in [3.63, 3.8) is 0 Å². The third-order valence-electron chi connectivity index (χ3n) is 1.76. The topological polar surface area (TPSA) is 55.3 Å². The van der Waals surface area contributed by atoms with Gasteiger partial charge >= 0.3 is 100 Å². The van der Waals surface area contributed by atoms with E-state index in [0.717, 1.165) is 11.5 Å². The number of nitrogens with one attached hydrogen (secondary N) is 1. The van der Waals surface area contributed by atoms with Crippen molar-refractivity contribution >= 4 is 12.2 Å². The van der Waals surface area contributed by atoms with E-state index in [2.05, 4.69) is 10.4 Å². The summed E-state index contributed by atoms with van der Waals surface area (Å²) in [6, 6.07) is 5.84. The van der Waals surface area contributed by atoms with Crippen LogP contribution in [0.1, 0.15) is 0 Å². The molecule has 2 heterocycles. The first-order valence-corrected chi connectivity index (χ1v) is 7.83. The van der Waals surface area contributed by atoms with Gasteiger partial charge in [-0.2, -0.15) is 0 Å². The van der Waals surface area contributed by atoms with Gasteiger partial charge in [0.2, 0.25) is 0 Å². The van der Waals surface area contributed by atoms with Gasteiger partial charge in [-0.15, -0.1) is 0 Å². The van der Waals surface area contributed by atoms with E-state index in [1.807, 2.05) is 28.8 Å². The quantitative estimate of drug-likeness (QED) is 0.524. The molecule has 0 radical (unpaired) electrons. The summed E-state index contributed by atoms with van der Waals surface area (Å²) in [5, 5.41) is 0. The van der Waals surface area contributed by atoms with Gasteiger partial charge in [0.1, 0.15) is 0 Å². The molecule has 0 spiro atoms. The zero-order valence-corrected chi connectivity index (χ0v) is 15.0. The fraction of sp³-hybridized carbons (Fsp3) is 0. The third kappa shape index (κ3) is 1.38. The SMILES string of the molecule is NNc1cccc2n[c]([RaH])cn12. The summed E-state index contributed by atoms with van der Waals surface area (Å²) in [6.07, 6.45) is 2.04. The summed E-state index contributed by atoms with van der Waals surface area (Å²) < 4.78 is 3.18. The maximum atomic E-state index is 5.35. The average Bonchev–Trinajstić information content (AvgIpc) is 2.44. The predicted octanol–water partition coefficient (Wildman–Crippen LogP) is -0.473. The second-order valence-corrected chi connectivity index (χ2v) is 6.88. The molecule has 0 aliphatic rings. The summed E-state index contributed by atoms with van der Waals surface area (Å²) in [5.74, 6) is 6.22. The van der Waals surface area contributed by atoms with Crippen LogP contribution in [0.3, 0.4) is 0 Å². The van der Waals surface area contributed by atoms with Gasteiger partial charge in [0.15, 0.2) is 0 Å². The standard InChI is InChI=1S/C7H7N4.Ra.H/c8-10-7-3-1-2-6-9-4-5-11(6)7;;/h1-3,5,10H,8H2;;. The molecule has 3 N–H and O–H groups in total. The summed E-state index contributed by atoms with van der Waals surface area (Å²) in [5.41, 5.74) is 3.59. The van der Waals surface area contributed by atoms with Crippen LogP contribution >= 0.6 is 0 Å². The van der Waals surface area contributed by atoms with E-state index in [0.29, 0.717) is 42.8 Å². The van der Waals surface area contributed by atoms with Crippen molar-refractivity contribution in [3.8, 4) is 0 Å². The molecular formula is C7H8N4Ra. The molecule has 0 aliphatic carbocycles. The minimum atomic E-state index is 0.316. The van der Waals surface area contributed by atoms with Crippen LogP contribution in [0.15, 0.2) is 24.4 Å². The summed E-state index contributed by atoms with van der Waals surface area (Å²) in [7, 11) is 0. The number of aromatic nitrogens is 2. The van der Waals surface area contributed by atoms with Crippen LogP contribution in [-0.2, 0) is 0 Å². The van der Waals surface area contributed by atoms with Gasteiger partial charge in [0.25, 0.3) is 0 Å². The molecule has 0 saturated carbocycles. The number of nitrogens with two attached hydrogens (primary N) is 1. The van der Waals surface area contributed by atoms with Crippen LogP contribution in [0.2, 0.25) is 0 Å². The van der Waals surface area contributed by atoms with Gasteiger partial charge in [0.05, 0.1) is 0 Å². The van der Waals surface area contributed by atoms with E-state index < -0.39 is 0 Å². The van der Waals surface area contributed by atoms with E-state index in [1.54, 1.807) is 0 Å². The zero-order chi connectivity index (χ0) is 8.55. The van der Waals surface area contributed by atoms with E-state index in [1.165, 1.54) is 0.735 Å². The Hall–Kier alpha value is -0.0825. The molecule has 0 saturated heterocycles. The van der Waals surface area contributed by atoms with Crippen LogP contribution in [0, 0.1) is 42.8 Å². The van der Waals surface area contributed by atoms with Gasteiger partial charge < -0.3 is 0 Å². The number of hydrogen-bond acceptors (Lipinski definition) is 3. The van der Waals surface area contributed by atoms with E-state index >= 15 is 0 Å². The Balaban J connectivity index is 2.78. The Morgan fingerprint density at radius 3 is 3.08 bits per heavy atom. The molecule has 0 bridgehead atoms. The van der Waals surface area contributed by atoms with E-state index in [9.17, 15) is 0 Å². The van der Waals surface area contributed by atoms with Crippen LogP contribution in [0.5, 0.6) is 0 Å². The van der Waals surface area contributed by atoms with Crippen molar-refractivity contribution in [3.05, 3.63) is 24.4 Å². The Morgan fingerprint density at radius 2 is 2.33 bits per heavy atom. The molecule has 58 valence electrons. The molecule has 12 heavy (non-hydrogen) atoms. The van der Waals surface area contributed by atoms with Gasteiger partial charge in [-0.25, -0.2) is 0 Å². The van der Waals surface area contributed by atoms with Crippen LogP contribution < -0.4 is 12.0 Å². The molecule has 2 aromatic rings. The van der Waals surface area contributed by atoms with Crippen LogP contribution in [0.4, 0.5) is 5.82 Å². The van der Waals surface area contributed by atoms with Crippen molar-refractivity contribution in [2.24, 2.45) is 5.84 Å². The summed E-state index contributed by atoms with van der Waals surface area (Å²) in [6.45, 7) is 0. The van der Waals surface area contributed by atoms with E-state index in [4.69, 9.17) is 5.84 Å². The number of pyridine rings is 1. The molecule has 5 heteroatoms. The molecule has 0 aromatic carbocycles. The third-order valence-corrected chi connectivity index (χ3v) is 3.74. The number of fused-ring (bicyclic) bond motifs is 1. The monoisotopic (exact) mass is 374 g/mol. The maximum absolute atomic E-state index is 5.35. The van der Waals surface area contributed by atoms with Crippen molar-refractivity contribution in [2.75, 3.05) is 5.43 Å². The zero-order valence-electron chi connectivity index (χ0n) is 6.78. The molecule has 0 atom stereocenters. The van der Waals surface area contributed by atoms with Crippen LogP contribution in [-0.4, -0.2) is 9.38 Å². The molecule has 2 rings (SSSR count). The second-order valence-electron chi connectivity index (χ2n) is 2.67. The van der Waals surface area contributed by atoms with Crippen molar-refractivity contribution in [1.82, 2.24) is 9.38 Å². The summed E-state index contributed by atoms with van der Waals surface area (Å²) >= 11 is 0.316. The average molecular weight is 374 g/mol. The number of nitrogens with zero attached hydrogens (tertiary/aromatic N) is 2. The molecule has 0 amide bonds. The van der Waals surface area contributed by atoms with Crippen molar-refractivity contribution in [1.29, 1.82) is 0 Å². The van der Waals surface area contributed by atoms with Crippen molar-refractivity contribution < 1.29 is 42.8 Å². The fourth-order valence-corrected chi connectivity index (χ4v) is 3.25. The Kier molecular flexibility index (Phi) is 2.37. The van der Waals surface area contributed by atoms with Gasteiger partial charge in [-0.05, 0) is 0 Å². The first-order valence-electron chi connectivity index (χ1n) is 3.72. The Bertz CT molecular complexity index is 409. The number of rotatable bonds is 1. The molecule has 0 aliphatic heterocycles. The van der Waals surface area contributed by atoms with Gasteiger partial charge in [-0.1, -0.05) is 0 Å². The minimum absolute atomic E-state index is 0.316. The Labute approximate surface area is 98.9 Å². The molecule has 2 aromatic heterocycles. The first kappa shape index (κ1) is 8.51. The second kappa shape index (κ2) is 3.34. The number of nitrogen functional groups attached to an aromatic ring is 1. The molecule has 0 fully saturated rings. The fourth-order valence-electron chi connectivity index (χ4n) is 1.25. The number of hydrogen-bond donors (Lipinski definition) is 2. The van der Waals surface area contributed by atoms with Gasteiger partial charge in [-0.3, -0.25) is 0 Å². The number of hydrazine groups is 1. The molecular weight excluding hydrogens is 366 g/mol. The van der Waals surface area contributed by atoms with Crippen molar-refractivity contribution in [2.45, 2.75) is 0 Å². The predicted molar refractivity (Wildman–Crippen MR) is 44.0 cm³/mol. The Morgan fingerprint density at radius 1 is 1.50 bits per heavy atom. The van der Waals surface area contributed by atoms with Gasteiger partial charge in [0, 0.05) is 0 Å². The number of imidazole rings is 1. The first-order chi connectivity index (χ1) is 5.81. The molecule has 0 unspecified atom stereocenters.